The molecule has 1 aromatic heterocycles. The van der Waals surface area contributed by atoms with Crippen LogP contribution < -0.4 is 0 Å². The Morgan fingerprint density at radius 1 is 1.08 bits per heavy atom. The molecular weight excluding hydrogens is 459 g/mol. The van der Waals surface area contributed by atoms with Crippen molar-refractivity contribution in [2.24, 2.45) is 4.99 Å². The zero-order valence-corrected chi connectivity index (χ0v) is 19.8. The average molecular weight is 485 g/mol. The summed E-state index contributed by atoms with van der Waals surface area (Å²) in [6, 6.07) is 17.8. The minimum absolute atomic E-state index is 0.326. The summed E-state index contributed by atoms with van der Waals surface area (Å²) in [5.74, 6) is -0.735. The van der Waals surface area contributed by atoms with Crippen molar-refractivity contribution in [1.82, 2.24) is 4.57 Å². The highest BCUT2D eigenvalue weighted by Gasteiger charge is 2.39. The van der Waals surface area contributed by atoms with E-state index in [4.69, 9.17) is 9.47 Å². The fourth-order valence-corrected chi connectivity index (χ4v) is 5.32. The van der Waals surface area contributed by atoms with E-state index < -0.39 is 11.6 Å². The van der Waals surface area contributed by atoms with Gasteiger partial charge in [-0.3, -0.25) is 4.99 Å². The predicted molar refractivity (Wildman–Crippen MR) is 135 cm³/mol. The number of carbonyl (C=O) groups excluding carboxylic acids is 1. The van der Waals surface area contributed by atoms with Gasteiger partial charge in [0.05, 0.1) is 30.4 Å². The Balaban J connectivity index is 1.70. The van der Waals surface area contributed by atoms with Crippen molar-refractivity contribution in [3.05, 3.63) is 88.9 Å². The second-order valence-electron chi connectivity index (χ2n) is 9.29. The lowest BCUT2D eigenvalue weighted by Gasteiger charge is -2.34. The molecule has 0 radical (unpaired) electrons. The van der Waals surface area contributed by atoms with Gasteiger partial charge in [-0.1, -0.05) is 12.1 Å². The number of aliphatic hydroxyl groups is 1. The highest BCUT2D eigenvalue weighted by molar-refractivity contribution is 6.03. The van der Waals surface area contributed by atoms with Gasteiger partial charge in [0.15, 0.2) is 0 Å². The first kappa shape index (κ1) is 22.6. The molecule has 4 aromatic rings. The summed E-state index contributed by atoms with van der Waals surface area (Å²) in [5.41, 5.74) is 5.55. The van der Waals surface area contributed by atoms with Gasteiger partial charge in [0.25, 0.3) is 0 Å². The molecule has 0 saturated carbocycles. The minimum atomic E-state index is -1.17. The molecule has 1 fully saturated rings. The van der Waals surface area contributed by atoms with E-state index in [0.29, 0.717) is 38.2 Å². The first-order valence-corrected chi connectivity index (χ1v) is 11.9. The van der Waals surface area contributed by atoms with Gasteiger partial charge >= 0.3 is 5.97 Å². The van der Waals surface area contributed by atoms with Crippen LogP contribution in [0.1, 0.15) is 40.0 Å². The largest absolute Gasteiger partial charge is 0.465 e. The van der Waals surface area contributed by atoms with Gasteiger partial charge in [-0.05, 0) is 65.2 Å². The summed E-state index contributed by atoms with van der Waals surface area (Å²) in [4.78, 5) is 16.5. The SMILES string of the molecule is COC(=O)c1ccc(-c2c(C3(O)CCOCC3)n(-c3ccc(F)cc3)c3cc4c(cc23)CN=C4)cc1. The van der Waals surface area contributed by atoms with Gasteiger partial charge in [-0.25, -0.2) is 9.18 Å². The van der Waals surface area contributed by atoms with E-state index in [9.17, 15) is 14.3 Å². The number of nitrogens with zero attached hydrogens (tertiary/aromatic N) is 2. The summed E-state index contributed by atoms with van der Waals surface area (Å²) in [5, 5.41) is 13.1. The molecule has 2 aliphatic rings. The van der Waals surface area contributed by atoms with Crippen LogP contribution in [0.5, 0.6) is 0 Å². The number of ether oxygens (including phenoxy) is 2. The van der Waals surface area contributed by atoms with Crippen molar-refractivity contribution in [2.45, 2.75) is 25.0 Å². The summed E-state index contributed by atoms with van der Waals surface area (Å²) < 4.78 is 26.4. The van der Waals surface area contributed by atoms with Crippen molar-refractivity contribution >= 4 is 23.1 Å². The van der Waals surface area contributed by atoms with E-state index in [1.54, 1.807) is 24.3 Å². The fraction of sp³-hybridized carbons (Fsp3) is 0.241. The number of methoxy groups -OCH3 is 1. The third-order valence-corrected chi connectivity index (χ3v) is 7.16. The van der Waals surface area contributed by atoms with Crippen LogP contribution in [0.3, 0.4) is 0 Å². The standard InChI is InChI=1S/C29H25FN2O4/c1-35-28(33)19-4-2-18(3-5-19)26-24-14-20-16-31-17-21(20)15-25(24)32(23-8-6-22(30)7-9-23)27(26)29(34)10-12-36-13-11-29/h2-9,14-15,17,34H,10-13,16H2,1H3. The van der Waals surface area contributed by atoms with Gasteiger partial charge in [0.1, 0.15) is 11.4 Å². The van der Waals surface area contributed by atoms with E-state index in [1.807, 2.05) is 22.9 Å². The van der Waals surface area contributed by atoms with Crippen LogP contribution >= 0.6 is 0 Å². The second kappa shape index (κ2) is 8.69. The maximum Gasteiger partial charge on any atom is 0.337 e. The first-order chi connectivity index (χ1) is 17.5. The predicted octanol–water partition coefficient (Wildman–Crippen LogP) is 5.15. The molecule has 2 aliphatic heterocycles. The molecule has 7 heteroatoms. The average Bonchev–Trinajstić information content (AvgIpc) is 3.50. The Labute approximate surface area is 207 Å². The fourth-order valence-electron chi connectivity index (χ4n) is 5.32. The zero-order valence-electron chi connectivity index (χ0n) is 19.8. The van der Waals surface area contributed by atoms with Crippen molar-refractivity contribution < 1.29 is 23.8 Å². The van der Waals surface area contributed by atoms with Crippen molar-refractivity contribution in [2.75, 3.05) is 20.3 Å². The van der Waals surface area contributed by atoms with E-state index in [-0.39, 0.29) is 5.82 Å². The Hall–Kier alpha value is -3.81. The van der Waals surface area contributed by atoms with Gasteiger partial charge in [0, 0.05) is 48.9 Å². The monoisotopic (exact) mass is 484 g/mol. The van der Waals surface area contributed by atoms with Crippen LogP contribution in [-0.2, 0) is 21.6 Å². The van der Waals surface area contributed by atoms with Crippen LogP contribution in [0.4, 0.5) is 4.39 Å². The summed E-state index contributed by atoms with van der Waals surface area (Å²) in [6.07, 6.45) is 2.72. The Morgan fingerprint density at radius 3 is 2.50 bits per heavy atom. The number of hydrogen-bond donors (Lipinski definition) is 1. The van der Waals surface area contributed by atoms with E-state index >= 15 is 0 Å². The molecule has 6 nitrogen and oxygen atoms in total. The third-order valence-electron chi connectivity index (χ3n) is 7.16. The van der Waals surface area contributed by atoms with Crippen LogP contribution in [0.2, 0.25) is 0 Å². The normalized spacial score (nSPS) is 16.3. The molecule has 0 unspecified atom stereocenters. The molecule has 6 rings (SSSR count). The number of halogens is 1. The number of carbonyl (C=O) groups is 1. The molecule has 3 heterocycles. The zero-order chi connectivity index (χ0) is 24.9. The van der Waals surface area contributed by atoms with Gasteiger partial charge in [-0.2, -0.15) is 0 Å². The van der Waals surface area contributed by atoms with Crippen molar-refractivity contribution in [3.8, 4) is 16.8 Å². The molecule has 182 valence electrons. The maximum atomic E-state index is 13.9. The minimum Gasteiger partial charge on any atom is -0.465 e. The van der Waals surface area contributed by atoms with Gasteiger partial charge in [-0.15, -0.1) is 0 Å². The van der Waals surface area contributed by atoms with Crippen LogP contribution in [-0.4, -0.2) is 42.2 Å². The number of hydrogen-bond acceptors (Lipinski definition) is 5. The second-order valence-corrected chi connectivity index (χ2v) is 9.29. The number of aliphatic imine (C=N–C) groups is 1. The highest BCUT2D eigenvalue weighted by Crippen LogP contribution is 2.46. The van der Waals surface area contributed by atoms with Crippen LogP contribution in [0, 0.1) is 5.82 Å². The summed E-state index contributed by atoms with van der Waals surface area (Å²) in [6.45, 7) is 1.47. The molecule has 1 saturated heterocycles. The van der Waals surface area contributed by atoms with Gasteiger partial charge < -0.3 is 19.1 Å². The number of fused-ring (bicyclic) bond motifs is 2. The quantitative estimate of drug-likeness (QED) is 0.407. The van der Waals surface area contributed by atoms with Gasteiger partial charge in [0.2, 0.25) is 0 Å². The highest BCUT2D eigenvalue weighted by atomic mass is 19.1. The molecule has 3 aromatic carbocycles. The molecular formula is C29H25FN2O4. The number of benzene rings is 3. The number of aromatic nitrogens is 1. The summed E-state index contributed by atoms with van der Waals surface area (Å²) in [7, 11) is 1.36. The molecule has 0 atom stereocenters. The summed E-state index contributed by atoms with van der Waals surface area (Å²) >= 11 is 0. The van der Waals surface area contributed by atoms with E-state index in [1.165, 1.54) is 19.2 Å². The smallest absolute Gasteiger partial charge is 0.337 e. The molecule has 0 amide bonds. The lowest BCUT2D eigenvalue weighted by Crippen LogP contribution is -2.35. The lowest BCUT2D eigenvalue weighted by atomic mass is 9.85. The molecule has 0 spiro atoms. The van der Waals surface area contributed by atoms with Crippen molar-refractivity contribution in [3.63, 3.8) is 0 Å². The molecule has 0 aliphatic carbocycles. The Kier molecular flexibility index (Phi) is 5.47. The Bertz CT molecular complexity index is 1500. The lowest BCUT2D eigenvalue weighted by molar-refractivity contribution is -0.0708. The first-order valence-electron chi connectivity index (χ1n) is 11.9. The molecule has 0 bridgehead atoms. The Morgan fingerprint density at radius 2 is 1.81 bits per heavy atom. The third kappa shape index (κ3) is 3.63. The molecule has 1 N–H and O–H groups in total. The number of esters is 1. The van der Waals surface area contributed by atoms with Crippen molar-refractivity contribution in [1.29, 1.82) is 0 Å². The van der Waals surface area contributed by atoms with Crippen LogP contribution in [0.25, 0.3) is 27.7 Å². The van der Waals surface area contributed by atoms with Crippen LogP contribution in [0.15, 0.2) is 65.7 Å². The topological polar surface area (TPSA) is 73.1 Å². The van der Waals surface area contributed by atoms with E-state index in [0.717, 1.165) is 44.5 Å². The van der Waals surface area contributed by atoms with E-state index in [2.05, 4.69) is 17.1 Å². The maximum absolute atomic E-state index is 13.9. The number of rotatable bonds is 4. The molecule has 36 heavy (non-hydrogen) atoms.